The Hall–Kier alpha value is -2.52. The van der Waals surface area contributed by atoms with Gasteiger partial charge in [0.25, 0.3) is 0 Å². The number of thiophene rings is 1. The number of nitrogens with zero attached hydrogens (tertiary/aromatic N) is 2. The average Bonchev–Trinajstić information content (AvgIpc) is 2.82. The number of benzene rings is 1. The summed E-state index contributed by atoms with van der Waals surface area (Å²) in [5.41, 5.74) is 7.22. The number of anilines is 1. The molecule has 2 aromatic heterocycles. The Morgan fingerprint density at radius 3 is 2.55 bits per heavy atom. The summed E-state index contributed by atoms with van der Waals surface area (Å²) < 4.78 is 11.5. The van der Waals surface area contributed by atoms with Crippen molar-refractivity contribution in [3.63, 3.8) is 0 Å². The van der Waals surface area contributed by atoms with E-state index in [9.17, 15) is 0 Å². The van der Waals surface area contributed by atoms with Crippen LogP contribution in [0.2, 0.25) is 0 Å². The molecular weight excluding hydrogens is 274 g/mol. The lowest BCUT2D eigenvalue weighted by atomic mass is 10.1. The molecule has 5 nitrogen and oxygen atoms in total. The first-order chi connectivity index (χ1) is 9.69. The molecule has 2 N–H and O–H groups in total. The number of aromatic nitrogens is 1. The van der Waals surface area contributed by atoms with E-state index < -0.39 is 0 Å². The number of hydrogen-bond donors (Lipinski definition) is 1. The van der Waals surface area contributed by atoms with Crippen molar-refractivity contribution in [3.05, 3.63) is 23.2 Å². The van der Waals surface area contributed by atoms with E-state index in [1.165, 1.54) is 11.3 Å². The van der Waals surface area contributed by atoms with E-state index in [0.717, 1.165) is 21.0 Å². The van der Waals surface area contributed by atoms with E-state index >= 15 is 0 Å². The Bertz CT molecular complexity index is 864. The first-order valence-electron chi connectivity index (χ1n) is 5.82. The first-order valence-corrected chi connectivity index (χ1v) is 6.64. The second-order valence-electron chi connectivity index (χ2n) is 4.18. The van der Waals surface area contributed by atoms with Gasteiger partial charge in [-0.2, -0.15) is 5.26 Å². The van der Waals surface area contributed by atoms with Crippen LogP contribution in [0.3, 0.4) is 0 Å². The van der Waals surface area contributed by atoms with Gasteiger partial charge >= 0.3 is 0 Å². The van der Waals surface area contributed by atoms with Gasteiger partial charge in [-0.25, -0.2) is 0 Å². The van der Waals surface area contributed by atoms with E-state index in [4.69, 9.17) is 20.5 Å². The molecule has 0 spiro atoms. The average molecular weight is 285 g/mol. The van der Waals surface area contributed by atoms with Crippen molar-refractivity contribution in [2.24, 2.45) is 0 Å². The molecule has 0 saturated heterocycles. The smallest absolute Gasteiger partial charge is 0.162 e. The van der Waals surface area contributed by atoms with Crippen LogP contribution in [-0.4, -0.2) is 19.2 Å². The molecule has 3 rings (SSSR count). The Balaban J connectivity index is 2.44. The Kier molecular flexibility index (Phi) is 2.84. The van der Waals surface area contributed by atoms with Crippen molar-refractivity contribution in [1.82, 2.24) is 4.98 Å². The van der Waals surface area contributed by atoms with Crippen LogP contribution in [0.4, 0.5) is 5.69 Å². The first kappa shape index (κ1) is 12.5. The highest BCUT2D eigenvalue weighted by atomic mass is 32.1. The van der Waals surface area contributed by atoms with Gasteiger partial charge in [-0.15, -0.1) is 11.3 Å². The third-order valence-corrected chi connectivity index (χ3v) is 4.32. The van der Waals surface area contributed by atoms with E-state index in [1.807, 2.05) is 12.1 Å². The predicted molar refractivity (Wildman–Crippen MR) is 79.4 cm³/mol. The zero-order valence-electron chi connectivity index (χ0n) is 10.9. The van der Waals surface area contributed by atoms with Crippen LogP contribution in [-0.2, 0) is 0 Å². The highest BCUT2D eigenvalue weighted by Gasteiger charge is 2.15. The molecule has 0 radical (unpaired) electrons. The molecule has 0 aliphatic heterocycles. The molecule has 0 saturated carbocycles. The Labute approximate surface area is 119 Å². The van der Waals surface area contributed by atoms with Crippen molar-refractivity contribution in [3.8, 4) is 17.6 Å². The van der Waals surface area contributed by atoms with E-state index in [2.05, 4.69) is 11.1 Å². The summed E-state index contributed by atoms with van der Waals surface area (Å²) in [6.45, 7) is 0. The number of ether oxygens (including phenoxy) is 2. The number of pyridine rings is 1. The number of rotatable bonds is 2. The highest BCUT2D eigenvalue weighted by Crippen LogP contribution is 2.40. The number of fused-ring (bicyclic) bond motifs is 3. The van der Waals surface area contributed by atoms with Crippen LogP contribution in [0, 0.1) is 11.3 Å². The minimum Gasteiger partial charge on any atom is -0.493 e. The molecule has 6 heteroatoms. The summed E-state index contributed by atoms with van der Waals surface area (Å²) in [6, 6.07) is 5.79. The predicted octanol–water partition coefficient (Wildman–Crippen LogP) is 2.92. The zero-order valence-corrected chi connectivity index (χ0v) is 11.7. The molecule has 0 unspecified atom stereocenters. The monoisotopic (exact) mass is 285 g/mol. The Morgan fingerprint density at radius 1 is 1.20 bits per heavy atom. The van der Waals surface area contributed by atoms with Gasteiger partial charge in [0.2, 0.25) is 0 Å². The standard InChI is InChI=1S/C14H11N3O2S/c1-18-10-3-7-9(4-11(10)19-2)17-6-8-13(16)12(5-15)20-14(7)8/h3-4,6H,16H2,1-2H3. The minimum absolute atomic E-state index is 0.483. The van der Waals surface area contributed by atoms with Crippen molar-refractivity contribution < 1.29 is 9.47 Å². The van der Waals surface area contributed by atoms with Gasteiger partial charge in [-0.3, -0.25) is 4.98 Å². The zero-order chi connectivity index (χ0) is 14.3. The fraction of sp³-hybridized carbons (Fsp3) is 0.143. The third kappa shape index (κ3) is 1.64. The summed E-state index contributed by atoms with van der Waals surface area (Å²) in [4.78, 5) is 4.89. The topological polar surface area (TPSA) is 81.2 Å². The molecule has 0 bridgehead atoms. The van der Waals surface area contributed by atoms with E-state index in [1.54, 1.807) is 20.4 Å². The lowest BCUT2D eigenvalue weighted by Crippen LogP contribution is -1.91. The minimum atomic E-state index is 0.483. The van der Waals surface area contributed by atoms with Crippen molar-refractivity contribution in [2.75, 3.05) is 20.0 Å². The fourth-order valence-corrected chi connectivity index (χ4v) is 3.17. The second-order valence-corrected chi connectivity index (χ2v) is 5.20. The molecule has 0 atom stereocenters. The third-order valence-electron chi connectivity index (χ3n) is 3.16. The Morgan fingerprint density at radius 2 is 1.90 bits per heavy atom. The fourth-order valence-electron chi connectivity index (χ4n) is 2.16. The summed E-state index contributed by atoms with van der Waals surface area (Å²) in [5, 5.41) is 10.8. The number of nitrogen functional groups attached to an aromatic ring is 1. The van der Waals surface area contributed by atoms with E-state index in [-0.39, 0.29) is 0 Å². The molecule has 1 aromatic carbocycles. The second kappa shape index (κ2) is 4.54. The molecule has 0 fully saturated rings. The van der Waals surface area contributed by atoms with Gasteiger partial charge < -0.3 is 15.2 Å². The van der Waals surface area contributed by atoms with Crippen LogP contribution in [0.15, 0.2) is 18.3 Å². The summed E-state index contributed by atoms with van der Waals surface area (Å²) >= 11 is 1.36. The molecule has 3 aromatic rings. The molecule has 20 heavy (non-hydrogen) atoms. The largest absolute Gasteiger partial charge is 0.493 e. The lowest BCUT2D eigenvalue weighted by Gasteiger charge is -2.09. The molecular formula is C14H11N3O2S. The van der Waals surface area contributed by atoms with Crippen LogP contribution in [0.25, 0.3) is 21.0 Å². The number of nitrogens with two attached hydrogens (primary N) is 1. The van der Waals surface area contributed by atoms with Gasteiger partial charge in [0.1, 0.15) is 10.9 Å². The van der Waals surface area contributed by atoms with Gasteiger partial charge in [0.05, 0.1) is 25.4 Å². The normalized spacial score (nSPS) is 10.7. The maximum Gasteiger partial charge on any atom is 0.162 e. The van der Waals surface area contributed by atoms with Crippen LogP contribution >= 0.6 is 11.3 Å². The van der Waals surface area contributed by atoms with Crippen molar-refractivity contribution in [2.45, 2.75) is 0 Å². The van der Waals surface area contributed by atoms with Crippen LogP contribution in [0.1, 0.15) is 4.88 Å². The molecule has 2 heterocycles. The maximum absolute atomic E-state index is 9.09. The maximum atomic E-state index is 9.09. The highest BCUT2D eigenvalue weighted by molar-refractivity contribution is 7.21. The molecule has 100 valence electrons. The summed E-state index contributed by atoms with van der Waals surface area (Å²) in [6.07, 6.45) is 1.69. The van der Waals surface area contributed by atoms with Gasteiger partial charge in [0.15, 0.2) is 11.5 Å². The molecule has 0 aliphatic rings. The molecule has 0 amide bonds. The van der Waals surface area contributed by atoms with Gasteiger partial charge in [-0.1, -0.05) is 0 Å². The number of nitriles is 1. The van der Waals surface area contributed by atoms with E-state index in [0.29, 0.717) is 22.1 Å². The quantitative estimate of drug-likeness (QED) is 0.783. The SMILES string of the molecule is COc1cc2ncc3c(N)c(C#N)sc3c2cc1OC. The van der Waals surface area contributed by atoms with Gasteiger partial charge in [0, 0.05) is 27.7 Å². The van der Waals surface area contributed by atoms with Crippen LogP contribution < -0.4 is 15.2 Å². The molecule has 0 aliphatic carbocycles. The van der Waals surface area contributed by atoms with Gasteiger partial charge in [-0.05, 0) is 6.07 Å². The summed E-state index contributed by atoms with van der Waals surface area (Å²) in [5.74, 6) is 1.25. The van der Waals surface area contributed by atoms with Crippen molar-refractivity contribution >= 4 is 38.0 Å². The lowest BCUT2D eigenvalue weighted by molar-refractivity contribution is 0.356. The number of methoxy groups -OCH3 is 2. The van der Waals surface area contributed by atoms with Crippen LogP contribution in [0.5, 0.6) is 11.5 Å². The summed E-state index contributed by atoms with van der Waals surface area (Å²) in [7, 11) is 3.17. The number of hydrogen-bond acceptors (Lipinski definition) is 6. The van der Waals surface area contributed by atoms with Crippen molar-refractivity contribution in [1.29, 1.82) is 5.26 Å².